The minimum atomic E-state index is -4.34. The van der Waals surface area contributed by atoms with Crippen LogP contribution in [0, 0.1) is 0 Å². The normalized spacial score (nSPS) is 30.6. The molecule has 2 atom stereocenters. The summed E-state index contributed by atoms with van der Waals surface area (Å²) in [6.07, 6.45) is -4.47. The van der Waals surface area contributed by atoms with E-state index in [1.807, 2.05) is 0 Å². The highest BCUT2D eigenvalue weighted by molar-refractivity contribution is 6.23. The molecule has 0 spiro atoms. The zero-order valence-corrected chi connectivity index (χ0v) is 8.85. The summed E-state index contributed by atoms with van der Waals surface area (Å²) >= 11 is 5.64. The van der Waals surface area contributed by atoms with Crippen molar-refractivity contribution >= 4 is 23.5 Å². The number of carbonyl (C=O) groups excluding carboxylic acids is 1. The fourth-order valence-corrected chi connectivity index (χ4v) is 1.92. The molecule has 2 aliphatic rings. The minimum Gasteiger partial charge on any atom is -0.344 e. The molecule has 4 nitrogen and oxygen atoms in total. The number of nitrogens with zero attached hydrogens (tertiary/aromatic N) is 2. The van der Waals surface area contributed by atoms with Gasteiger partial charge in [0.05, 0.1) is 6.42 Å². The third-order valence-electron chi connectivity index (χ3n) is 2.50. The van der Waals surface area contributed by atoms with Gasteiger partial charge in [0.15, 0.2) is 0 Å². The Morgan fingerprint density at radius 1 is 1.50 bits per heavy atom. The summed E-state index contributed by atoms with van der Waals surface area (Å²) in [6.45, 7) is 0.0262. The first-order valence-electron chi connectivity index (χ1n) is 4.73. The highest BCUT2D eigenvalue weighted by Gasteiger charge is 2.45. The second-order valence-electron chi connectivity index (χ2n) is 3.66. The highest BCUT2D eigenvalue weighted by atomic mass is 35.5. The van der Waals surface area contributed by atoms with Crippen molar-refractivity contribution in [2.24, 2.45) is 4.99 Å². The van der Waals surface area contributed by atoms with Gasteiger partial charge in [-0.1, -0.05) is 11.6 Å². The zero-order valence-electron chi connectivity index (χ0n) is 8.09. The van der Waals surface area contributed by atoms with Gasteiger partial charge in [-0.2, -0.15) is 13.2 Å². The Hall–Kier alpha value is -0.980. The number of halogens is 4. The Bertz CT molecular complexity index is 344. The Morgan fingerprint density at radius 2 is 2.19 bits per heavy atom. The molecule has 0 saturated carbocycles. The van der Waals surface area contributed by atoms with Crippen LogP contribution >= 0.6 is 11.6 Å². The first kappa shape index (κ1) is 11.5. The van der Waals surface area contributed by atoms with Crippen LogP contribution in [0.3, 0.4) is 0 Å². The molecule has 0 aromatic heterocycles. The molecule has 1 amide bonds. The smallest absolute Gasteiger partial charge is 0.344 e. The van der Waals surface area contributed by atoms with Gasteiger partial charge in [0, 0.05) is 6.54 Å². The summed E-state index contributed by atoms with van der Waals surface area (Å²) in [5.74, 6) is -0.358. The molecule has 1 saturated heterocycles. The quantitative estimate of drug-likeness (QED) is 0.520. The molecule has 0 aromatic carbocycles. The van der Waals surface area contributed by atoms with Crippen LogP contribution in [0.4, 0.5) is 13.2 Å². The maximum Gasteiger partial charge on any atom is 0.408 e. The van der Waals surface area contributed by atoms with E-state index in [1.165, 1.54) is 4.90 Å². The van der Waals surface area contributed by atoms with Gasteiger partial charge in [-0.25, -0.2) is 4.99 Å². The maximum atomic E-state index is 12.4. The second kappa shape index (κ2) is 3.80. The van der Waals surface area contributed by atoms with Gasteiger partial charge in [-0.05, 0) is 6.42 Å². The summed E-state index contributed by atoms with van der Waals surface area (Å²) in [5.41, 5.74) is -0.779. The average molecular weight is 256 g/mol. The van der Waals surface area contributed by atoms with Crippen molar-refractivity contribution in [1.29, 1.82) is 0 Å². The van der Waals surface area contributed by atoms with Gasteiger partial charge in [0.1, 0.15) is 11.5 Å². The van der Waals surface area contributed by atoms with Crippen molar-refractivity contribution in [1.82, 2.24) is 10.2 Å². The van der Waals surface area contributed by atoms with Crippen LogP contribution in [0.1, 0.15) is 12.8 Å². The van der Waals surface area contributed by atoms with Crippen LogP contribution in [-0.4, -0.2) is 41.0 Å². The molecule has 2 aliphatic heterocycles. The molecule has 16 heavy (non-hydrogen) atoms. The number of aliphatic imine (C=N–C) groups is 1. The van der Waals surface area contributed by atoms with Gasteiger partial charge in [0.25, 0.3) is 0 Å². The predicted octanol–water partition coefficient (Wildman–Crippen LogP) is 1.06. The standard InChI is InChI=1S/C8H9ClF3N3O/c9-5-3-6(16)15-2-1-4(8(10,11)12)13-7(15)14-5/h4-5H,1-3H2,(H,13,14). The molecule has 2 rings (SSSR count). The van der Waals surface area contributed by atoms with Crippen LogP contribution in [0.25, 0.3) is 0 Å². The second-order valence-corrected chi connectivity index (χ2v) is 4.17. The molecule has 0 aliphatic carbocycles. The molecule has 2 heterocycles. The number of guanidine groups is 1. The molecule has 0 bridgehead atoms. The molecule has 1 N–H and O–H groups in total. The number of nitrogens with one attached hydrogen (secondary N) is 1. The number of amides is 1. The molecule has 8 heteroatoms. The maximum absolute atomic E-state index is 12.4. The molecule has 0 radical (unpaired) electrons. The van der Waals surface area contributed by atoms with Crippen molar-refractivity contribution in [3.63, 3.8) is 0 Å². The van der Waals surface area contributed by atoms with Crippen molar-refractivity contribution in [2.45, 2.75) is 30.6 Å². The Labute approximate surface area is 94.4 Å². The fraction of sp³-hybridized carbons (Fsp3) is 0.750. The fourth-order valence-electron chi connectivity index (χ4n) is 1.70. The van der Waals surface area contributed by atoms with E-state index in [4.69, 9.17) is 11.6 Å². The third kappa shape index (κ3) is 2.09. The first-order chi connectivity index (χ1) is 7.38. The van der Waals surface area contributed by atoms with Crippen LogP contribution in [0.15, 0.2) is 4.99 Å². The monoisotopic (exact) mass is 255 g/mol. The number of alkyl halides is 4. The average Bonchev–Trinajstić information content (AvgIpc) is 2.15. The number of rotatable bonds is 0. The highest BCUT2D eigenvalue weighted by Crippen LogP contribution is 2.27. The summed E-state index contributed by atoms with van der Waals surface area (Å²) in [4.78, 5) is 16.4. The Kier molecular flexibility index (Phi) is 2.73. The van der Waals surface area contributed by atoms with Crippen molar-refractivity contribution in [3.05, 3.63) is 0 Å². The van der Waals surface area contributed by atoms with Gasteiger partial charge < -0.3 is 5.32 Å². The number of hydrogen-bond donors (Lipinski definition) is 1. The van der Waals surface area contributed by atoms with Crippen molar-refractivity contribution in [3.8, 4) is 0 Å². The number of carbonyl (C=O) groups is 1. The number of fused-ring (bicyclic) bond motifs is 1. The van der Waals surface area contributed by atoms with Gasteiger partial charge in [0.2, 0.25) is 11.9 Å². The van der Waals surface area contributed by atoms with E-state index in [1.54, 1.807) is 0 Å². The Morgan fingerprint density at radius 3 is 2.81 bits per heavy atom. The van der Waals surface area contributed by atoms with Crippen LogP contribution < -0.4 is 5.32 Å². The topological polar surface area (TPSA) is 44.7 Å². The van der Waals surface area contributed by atoms with Crippen LogP contribution in [-0.2, 0) is 4.79 Å². The van der Waals surface area contributed by atoms with E-state index in [2.05, 4.69) is 10.3 Å². The van der Waals surface area contributed by atoms with Gasteiger partial charge in [-0.3, -0.25) is 9.69 Å². The van der Waals surface area contributed by atoms with Gasteiger partial charge >= 0.3 is 6.18 Å². The lowest BCUT2D eigenvalue weighted by molar-refractivity contribution is -0.159. The summed E-state index contributed by atoms with van der Waals surface area (Å²) in [5, 5.41) is 2.20. The summed E-state index contributed by atoms with van der Waals surface area (Å²) in [7, 11) is 0. The van der Waals surface area contributed by atoms with E-state index in [-0.39, 0.29) is 31.3 Å². The molecular weight excluding hydrogens is 247 g/mol. The zero-order chi connectivity index (χ0) is 11.9. The van der Waals surface area contributed by atoms with Crippen molar-refractivity contribution in [2.75, 3.05) is 6.54 Å². The summed E-state index contributed by atoms with van der Waals surface area (Å²) < 4.78 is 37.3. The number of hydrogen-bond acceptors (Lipinski definition) is 3. The van der Waals surface area contributed by atoms with Gasteiger partial charge in [-0.15, -0.1) is 0 Å². The van der Waals surface area contributed by atoms with Crippen molar-refractivity contribution < 1.29 is 18.0 Å². The lowest BCUT2D eigenvalue weighted by Gasteiger charge is -2.37. The molecule has 90 valence electrons. The third-order valence-corrected chi connectivity index (χ3v) is 2.75. The molecular formula is C8H9ClF3N3O. The minimum absolute atomic E-state index is 0.0262. The van der Waals surface area contributed by atoms with E-state index in [9.17, 15) is 18.0 Å². The largest absolute Gasteiger partial charge is 0.408 e. The first-order valence-corrected chi connectivity index (χ1v) is 5.17. The molecule has 2 unspecified atom stereocenters. The van der Waals surface area contributed by atoms with E-state index in [0.717, 1.165) is 0 Å². The SMILES string of the molecule is O=C1CC(Cl)N=C2NC(C(F)(F)F)CCN12. The summed E-state index contributed by atoms with van der Waals surface area (Å²) in [6, 6.07) is -1.66. The van der Waals surface area contributed by atoms with E-state index in [0.29, 0.717) is 0 Å². The van der Waals surface area contributed by atoms with Crippen LogP contribution in [0.2, 0.25) is 0 Å². The van der Waals surface area contributed by atoms with E-state index < -0.39 is 17.7 Å². The predicted molar refractivity (Wildman–Crippen MR) is 51.0 cm³/mol. The van der Waals surface area contributed by atoms with Crippen LogP contribution in [0.5, 0.6) is 0 Å². The molecule has 1 fully saturated rings. The lowest BCUT2D eigenvalue weighted by atomic mass is 10.1. The Balaban J connectivity index is 2.17. The van der Waals surface area contributed by atoms with E-state index >= 15 is 0 Å². The molecule has 0 aromatic rings. The lowest BCUT2D eigenvalue weighted by Crippen LogP contribution is -2.60.